The molecule has 2 N–H and O–H groups in total. The molecule has 0 fully saturated rings. The summed E-state index contributed by atoms with van der Waals surface area (Å²) in [6.45, 7) is 1.69. The van der Waals surface area contributed by atoms with Crippen LogP contribution in [0.3, 0.4) is 0 Å². The predicted molar refractivity (Wildman–Crippen MR) is 97.4 cm³/mol. The molecule has 0 aromatic heterocycles. The molecule has 3 rings (SSSR count). The highest BCUT2D eigenvalue weighted by Crippen LogP contribution is 2.40. The molecule has 0 spiro atoms. The number of aromatic hydroxyl groups is 1. The molecule has 27 heavy (non-hydrogen) atoms. The lowest BCUT2D eigenvalue weighted by atomic mass is 10.1. The summed E-state index contributed by atoms with van der Waals surface area (Å²) < 4.78 is 32.5. The van der Waals surface area contributed by atoms with Crippen molar-refractivity contribution in [1.82, 2.24) is 0 Å². The van der Waals surface area contributed by atoms with E-state index in [1.807, 2.05) is 0 Å². The maximum Gasteiger partial charge on any atom is 0.295 e. The second-order valence-electron chi connectivity index (χ2n) is 5.69. The number of nitro groups is 1. The van der Waals surface area contributed by atoms with Crippen LogP contribution in [0.2, 0.25) is 0 Å². The minimum atomic E-state index is -4.56. The number of phenolic OH excluding ortho intramolecular Hbond substituents is 1. The van der Waals surface area contributed by atoms with E-state index in [9.17, 15) is 28.2 Å². The number of phenols is 1. The lowest BCUT2D eigenvalue weighted by Gasteiger charge is -2.08. The van der Waals surface area contributed by atoms with Crippen LogP contribution in [0.5, 0.6) is 5.75 Å². The Labute approximate surface area is 153 Å². The van der Waals surface area contributed by atoms with Gasteiger partial charge in [0.15, 0.2) is 0 Å². The minimum absolute atomic E-state index is 0.0242. The topological polar surface area (TPSA) is 142 Å². The summed E-state index contributed by atoms with van der Waals surface area (Å²) in [5, 5.41) is 29.5. The summed E-state index contributed by atoms with van der Waals surface area (Å²) in [7, 11) is -4.56. The number of fused-ring (bicyclic) bond motifs is 1. The van der Waals surface area contributed by atoms with Crippen molar-refractivity contribution >= 4 is 38.0 Å². The first-order chi connectivity index (χ1) is 12.7. The smallest absolute Gasteiger partial charge is 0.295 e. The molecule has 0 radical (unpaired) electrons. The molecule has 9 nitrogen and oxygen atoms in total. The molecule has 3 aromatic carbocycles. The van der Waals surface area contributed by atoms with E-state index in [1.54, 1.807) is 19.1 Å². The van der Waals surface area contributed by atoms with Gasteiger partial charge in [-0.25, -0.2) is 0 Å². The van der Waals surface area contributed by atoms with Gasteiger partial charge in [0.05, 0.1) is 10.6 Å². The third-order valence-corrected chi connectivity index (χ3v) is 4.79. The molecule has 0 aliphatic carbocycles. The molecule has 0 heterocycles. The summed E-state index contributed by atoms with van der Waals surface area (Å²) >= 11 is 0. The maximum absolute atomic E-state index is 11.6. The molecule has 0 aliphatic rings. The van der Waals surface area contributed by atoms with Gasteiger partial charge in [-0.15, -0.1) is 10.2 Å². The Morgan fingerprint density at radius 3 is 2.33 bits per heavy atom. The van der Waals surface area contributed by atoms with E-state index in [-0.39, 0.29) is 27.8 Å². The van der Waals surface area contributed by atoms with E-state index in [1.165, 1.54) is 30.3 Å². The van der Waals surface area contributed by atoms with Crippen molar-refractivity contribution in [2.45, 2.75) is 11.8 Å². The first-order valence-electron chi connectivity index (χ1n) is 7.57. The number of azo groups is 1. The summed E-state index contributed by atoms with van der Waals surface area (Å²) in [6, 6.07) is 11.1. The number of hydrogen-bond donors (Lipinski definition) is 2. The summed E-state index contributed by atoms with van der Waals surface area (Å²) in [4.78, 5) is 9.89. The van der Waals surface area contributed by atoms with Crippen LogP contribution < -0.4 is 0 Å². The van der Waals surface area contributed by atoms with Crippen LogP contribution in [-0.2, 0) is 10.1 Å². The summed E-state index contributed by atoms with van der Waals surface area (Å²) in [5.74, 6) is -0.506. The first kappa shape index (κ1) is 18.4. The largest absolute Gasteiger partial charge is 0.506 e. The first-order valence-corrected chi connectivity index (χ1v) is 9.01. The van der Waals surface area contributed by atoms with E-state index in [2.05, 4.69) is 10.2 Å². The Morgan fingerprint density at radius 2 is 1.70 bits per heavy atom. The van der Waals surface area contributed by atoms with E-state index in [0.717, 1.165) is 6.07 Å². The van der Waals surface area contributed by atoms with Gasteiger partial charge in [0, 0.05) is 29.0 Å². The zero-order chi connectivity index (χ0) is 19.8. The zero-order valence-corrected chi connectivity index (χ0v) is 14.7. The normalized spacial score (nSPS) is 11.9. The van der Waals surface area contributed by atoms with Crippen LogP contribution in [0.4, 0.5) is 17.1 Å². The van der Waals surface area contributed by atoms with E-state index < -0.39 is 25.7 Å². The predicted octanol–water partition coefficient (Wildman–Crippen LogP) is 4.42. The van der Waals surface area contributed by atoms with Gasteiger partial charge in [-0.05, 0) is 12.5 Å². The second-order valence-corrected chi connectivity index (χ2v) is 7.08. The zero-order valence-electron chi connectivity index (χ0n) is 13.9. The van der Waals surface area contributed by atoms with Gasteiger partial charge in [-0.2, -0.15) is 8.42 Å². The number of aryl methyl sites for hydroxylation is 1. The van der Waals surface area contributed by atoms with Crippen molar-refractivity contribution in [3.63, 3.8) is 0 Å². The molecule has 0 unspecified atom stereocenters. The van der Waals surface area contributed by atoms with E-state index in [0.29, 0.717) is 5.56 Å². The monoisotopic (exact) mass is 387 g/mol. The molecular formula is C17H13N3O6S. The van der Waals surface area contributed by atoms with Gasteiger partial charge in [0.2, 0.25) is 0 Å². The molecule has 0 aliphatic heterocycles. The Kier molecular flexibility index (Phi) is 4.60. The lowest BCUT2D eigenvalue weighted by molar-refractivity contribution is -0.384. The van der Waals surface area contributed by atoms with Crippen molar-refractivity contribution in [2.75, 3.05) is 0 Å². The summed E-state index contributed by atoms with van der Waals surface area (Å²) in [5.41, 5.74) is 0.670. The number of benzene rings is 3. The second kappa shape index (κ2) is 6.74. The number of hydrogen-bond acceptors (Lipinski definition) is 7. The van der Waals surface area contributed by atoms with Gasteiger partial charge in [-0.1, -0.05) is 30.3 Å². The quantitative estimate of drug-likeness (QED) is 0.293. The van der Waals surface area contributed by atoms with Crippen LogP contribution in [0, 0.1) is 17.0 Å². The van der Waals surface area contributed by atoms with Gasteiger partial charge in [0.1, 0.15) is 16.3 Å². The average molecular weight is 387 g/mol. The van der Waals surface area contributed by atoms with Crippen LogP contribution >= 0.6 is 0 Å². The molecule has 3 aromatic rings. The average Bonchev–Trinajstić information content (AvgIpc) is 2.60. The standard InChI is InChI=1S/C17H13N3O6S/c1-10-6-7-11(20(22)23)8-14(10)18-19-17-13-5-3-2-4-12(13)16(9-15(17)21)27(24,25)26/h2-9,21H,1H3,(H,24,25,26). The Balaban J connectivity index is 2.20. The lowest BCUT2D eigenvalue weighted by Crippen LogP contribution is -1.99. The highest BCUT2D eigenvalue weighted by atomic mass is 32.2. The molecule has 10 heteroatoms. The fourth-order valence-electron chi connectivity index (χ4n) is 2.55. The van der Waals surface area contributed by atoms with Crippen LogP contribution in [-0.4, -0.2) is 23.0 Å². The highest BCUT2D eigenvalue weighted by Gasteiger charge is 2.19. The van der Waals surface area contributed by atoms with E-state index in [4.69, 9.17) is 0 Å². The minimum Gasteiger partial charge on any atom is -0.506 e. The Morgan fingerprint density at radius 1 is 1.04 bits per heavy atom. The molecule has 0 amide bonds. The highest BCUT2D eigenvalue weighted by molar-refractivity contribution is 7.86. The van der Waals surface area contributed by atoms with Crippen LogP contribution in [0.25, 0.3) is 10.8 Å². The van der Waals surface area contributed by atoms with Crippen molar-refractivity contribution < 1.29 is 23.0 Å². The van der Waals surface area contributed by atoms with Crippen LogP contribution in [0.15, 0.2) is 63.7 Å². The molecule has 0 atom stereocenters. The Bertz CT molecular complexity index is 1200. The molecule has 0 bridgehead atoms. The number of nitro benzene ring substituents is 1. The maximum atomic E-state index is 11.6. The van der Waals surface area contributed by atoms with Gasteiger partial charge < -0.3 is 5.11 Å². The number of nitrogens with zero attached hydrogens (tertiary/aromatic N) is 3. The third-order valence-electron chi connectivity index (χ3n) is 3.90. The fraction of sp³-hybridized carbons (Fsp3) is 0.0588. The molecule has 0 saturated carbocycles. The van der Waals surface area contributed by atoms with Crippen molar-refractivity contribution in [3.8, 4) is 5.75 Å². The molecular weight excluding hydrogens is 374 g/mol. The van der Waals surface area contributed by atoms with Gasteiger partial charge in [0.25, 0.3) is 15.8 Å². The van der Waals surface area contributed by atoms with Crippen LogP contribution in [0.1, 0.15) is 5.56 Å². The van der Waals surface area contributed by atoms with E-state index >= 15 is 0 Å². The van der Waals surface area contributed by atoms with Crippen molar-refractivity contribution in [1.29, 1.82) is 0 Å². The SMILES string of the molecule is Cc1ccc([N+](=O)[O-])cc1N=Nc1c(O)cc(S(=O)(=O)O)c2ccccc12. The fourth-order valence-corrected chi connectivity index (χ4v) is 3.27. The molecule has 0 saturated heterocycles. The van der Waals surface area contributed by atoms with Crippen molar-refractivity contribution in [3.05, 3.63) is 64.2 Å². The number of rotatable bonds is 4. The van der Waals surface area contributed by atoms with Gasteiger partial charge >= 0.3 is 0 Å². The van der Waals surface area contributed by atoms with Gasteiger partial charge in [-0.3, -0.25) is 14.7 Å². The Hall–Kier alpha value is -3.37. The summed E-state index contributed by atoms with van der Waals surface area (Å²) in [6.07, 6.45) is 0. The number of non-ortho nitro benzene ring substituents is 1. The third kappa shape index (κ3) is 3.61. The molecule has 138 valence electrons. The van der Waals surface area contributed by atoms with Crippen molar-refractivity contribution in [2.24, 2.45) is 10.2 Å².